The van der Waals surface area contributed by atoms with E-state index in [1.807, 2.05) is 6.92 Å². The number of nitrogens with one attached hydrogen (secondary N) is 4. The molecule has 19 heteroatoms. The fourth-order valence-corrected chi connectivity index (χ4v) is 7.33. The van der Waals surface area contributed by atoms with Gasteiger partial charge in [-0.1, -0.05) is 13.8 Å². The smallest absolute Gasteiger partial charge is 0.252 e. The zero-order chi connectivity index (χ0) is 44.6. The van der Waals surface area contributed by atoms with Crippen LogP contribution in [0.4, 0.5) is 11.4 Å². The van der Waals surface area contributed by atoms with E-state index in [1.54, 1.807) is 13.8 Å². The number of carbonyl (C=O) groups excluding carboxylic acids is 5. The van der Waals surface area contributed by atoms with Crippen molar-refractivity contribution in [2.24, 2.45) is 0 Å². The number of aliphatic hydroxyl groups is 8. The standard InChI is InChI=1S/C40H62N6O13/c1-7-28-30(15-41-13-26(53)18-49)22(3)37(29(8-2)35(28)40(59)43-10-12-48)46(21-52)17-32(56)31(55)16-45(20-51)36-24(5)33(38(57)42-9-11-47)23(4)34(25(36)6)39(58)44-14-27(54)19-50/h20-21,26-27,31-32,41,47-50,53-56H,7-19H2,1-6H3,(H,42,57)(H,43,59)(H,44,58). The van der Waals surface area contributed by atoms with Gasteiger partial charge in [-0.3, -0.25) is 24.0 Å². The number of nitrogens with zero attached hydrogens (tertiary/aromatic N) is 2. The van der Waals surface area contributed by atoms with E-state index >= 15 is 0 Å². The van der Waals surface area contributed by atoms with Gasteiger partial charge in [0.05, 0.1) is 75.3 Å². The lowest BCUT2D eigenvalue weighted by Gasteiger charge is -2.33. The minimum Gasteiger partial charge on any atom is -0.395 e. The molecule has 12 N–H and O–H groups in total. The van der Waals surface area contributed by atoms with E-state index in [-0.39, 0.29) is 97.1 Å². The highest BCUT2D eigenvalue weighted by Crippen LogP contribution is 2.37. The number of anilines is 2. The van der Waals surface area contributed by atoms with Crippen molar-refractivity contribution in [1.29, 1.82) is 0 Å². The highest BCUT2D eigenvalue weighted by Gasteiger charge is 2.32. The Hall–Kier alpha value is -4.57. The van der Waals surface area contributed by atoms with Gasteiger partial charge in [0.1, 0.15) is 0 Å². The molecule has 2 rings (SSSR count). The van der Waals surface area contributed by atoms with Crippen LogP contribution in [0.25, 0.3) is 0 Å². The number of rotatable bonds is 26. The minimum atomic E-state index is -1.74. The molecule has 0 aliphatic carbocycles. The summed E-state index contributed by atoms with van der Waals surface area (Å²) in [5, 5.41) is 90.8. The Morgan fingerprint density at radius 1 is 0.576 bits per heavy atom. The van der Waals surface area contributed by atoms with Gasteiger partial charge in [0.15, 0.2) is 0 Å². The Bertz CT molecular complexity index is 1780. The third-order valence-corrected chi connectivity index (χ3v) is 10.1. The van der Waals surface area contributed by atoms with Crippen molar-refractivity contribution in [3.05, 3.63) is 55.6 Å². The van der Waals surface area contributed by atoms with Crippen LogP contribution in [-0.4, -0.2) is 162 Å². The molecule has 0 saturated heterocycles. The van der Waals surface area contributed by atoms with Crippen LogP contribution in [0, 0.1) is 27.7 Å². The van der Waals surface area contributed by atoms with Gasteiger partial charge in [-0.2, -0.15) is 0 Å². The molecule has 4 unspecified atom stereocenters. The third-order valence-electron chi connectivity index (χ3n) is 10.1. The molecule has 0 spiro atoms. The van der Waals surface area contributed by atoms with Crippen LogP contribution >= 0.6 is 0 Å². The maximum atomic E-state index is 13.6. The number of hydrogen-bond donors (Lipinski definition) is 12. The zero-order valence-corrected chi connectivity index (χ0v) is 34.7. The Morgan fingerprint density at radius 3 is 1.46 bits per heavy atom. The lowest BCUT2D eigenvalue weighted by atomic mass is 9.86. The van der Waals surface area contributed by atoms with Crippen LogP contribution in [0.2, 0.25) is 0 Å². The molecule has 0 aliphatic heterocycles. The van der Waals surface area contributed by atoms with Crippen LogP contribution in [0.1, 0.15) is 83.9 Å². The Balaban J connectivity index is 2.70. The molecule has 2 aromatic carbocycles. The second-order valence-corrected chi connectivity index (χ2v) is 14.1. The topological polar surface area (TPSA) is 302 Å². The molecule has 4 atom stereocenters. The van der Waals surface area contributed by atoms with Crippen LogP contribution in [-0.2, 0) is 29.0 Å². The van der Waals surface area contributed by atoms with E-state index in [0.29, 0.717) is 41.5 Å². The summed E-state index contributed by atoms with van der Waals surface area (Å²) in [5.74, 6) is -1.92. The van der Waals surface area contributed by atoms with Crippen LogP contribution < -0.4 is 31.1 Å². The van der Waals surface area contributed by atoms with Gasteiger partial charge >= 0.3 is 0 Å². The summed E-state index contributed by atoms with van der Waals surface area (Å²) in [6, 6.07) is 0. The molecule has 0 saturated carbocycles. The fraction of sp³-hybridized carbons (Fsp3) is 0.575. The Kier molecular flexibility index (Phi) is 21.0. The molecule has 5 amide bonds. The molecule has 59 heavy (non-hydrogen) atoms. The van der Waals surface area contributed by atoms with Crippen LogP contribution in [0.3, 0.4) is 0 Å². The average molecular weight is 835 g/mol. The molecule has 0 aromatic heterocycles. The van der Waals surface area contributed by atoms with Crippen LogP contribution in [0.15, 0.2) is 0 Å². The second kappa shape index (κ2) is 24.5. The molecular weight excluding hydrogens is 772 g/mol. The van der Waals surface area contributed by atoms with E-state index in [0.717, 1.165) is 9.80 Å². The van der Waals surface area contributed by atoms with Crippen molar-refractivity contribution in [3.63, 3.8) is 0 Å². The van der Waals surface area contributed by atoms with Crippen molar-refractivity contribution >= 4 is 41.9 Å². The SMILES string of the molecule is CCc1c(CNCC(O)CO)c(C)c(N(C=O)CC(O)C(O)CN(C=O)c2c(C)c(C(=O)NCCO)c(C)c(C(=O)NCC(O)CO)c2C)c(CC)c1C(=O)NCCO. The monoisotopic (exact) mass is 834 g/mol. The predicted octanol–water partition coefficient (Wildman–Crippen LogP) is -2.64. The van der Waals surface area contributed by atoms with Crippen molar-refractivity contribution in [3.8, 4) is 0 Å². The molecule has 0 heterocycles. The first-order valence-corrected chi connectivity index (χ1v) is 19.5. The van der Waals surface area contributed by atoms with Gasteiger partial charge < -0.3 is 71.9 Å². The maximum Gasteiger partial charge on any atom is 0.252 e. The summed E-state index contributed by atoms with van der Waals surface area (Å²) in [4.78, 5) is 68.3. The first-order valence-electron chi connectivity index (χ1n) is 19.5. The highest BCUT2D eigenvalue weighted by atomic mass is 16.3. The summed E-state index contributed by atoms with van der Waals surface area (Å²) in [6.07, 6.45) is -4.38. The van der Waals surface area contributed by atoms with Gasteiger partial charge in [-0.05, 0) is 79.5 Å². The van der Waals surface area contributed by atoms with E-state index in [9.17, 15) is 64.8 Å². The first kappa shape index (κ1) is 50.6. The molecule has 330 valence electrons. The fourth-order valence-electron chi connectivity index (χ4n) is 7.33. The number of carbonyl (C=O) groups is 5. The van der Waals surface area contributed by atoms with Crippen molar-refractivity contribution in [1.82, 2.24) is 21.3 Å². The minimum absolute atomic E-state index is 0.00554. The van der Waals surface area contributed by atoms with Crippen molar-refractivity contribution in [2.75, 3.05) is 75.5 Å². The summed E-state index contributed by atoms with van der Waals surface area (Å²) in [6.45, 7) is 6.57. The molecule has 0 fully saturated rings. The number of aliphatic hydroxyl groups excluding tert-OH is 8. The molecule has 2 aromatic rings. The number of amides is 5. The van der Waals surface area contributed by atoms with Crippen LogP contribution in [0.5, 0.6) is 0 Å². The van der Waals surface area contributed by atoms with Crippen molar-refractivity contribution in [2.45, 2.75) is 85.3 Å². The molecule has 0 bridgehead atoms. The zero-order valence-electron chi connectivity index (χ0n) is 34.7. The molecule has 19 nitrogen and oxygen atoms in total. The summed E-state index contributed by atoms with van der Waals surface area (Å²) in [7, 11) is 0. The highest BCUT2D eigenvalue weighted by molar-refractivity contribution is 6.07. The van der Waals surface area contributed by atoms with E-state index in [1.165, 1.54) is 20.8 Å². The van der Waals surface area contributed by atoms with E-state index in [2.05, 4.69) is 21.3 Å². The number of hydrogen-bond acceptors (Lipinski definition) is 14. The molecular formula is C40H62N6O13. The largest absolute Gasteiger partial charge is 0.395 e. The van der Waals surface area contributed by atoms with E-state index < -0.39 is 68.4 Å². The van der Waals surface area contributed by atoms with Gasteiger partial charge in [-0.25, -0.2) is 0 Å². The number of benzene rings is 2. The first-order chi connectivity index (χ1) is 28.0. The maximum absolute atomic E-state index is 13.6. The average Bonchev–Trinajstić information content (AvgIpc) is 3.22. The normalized spacial score (nSPS) is 13.3. The predicted molar refractivity (Wildman–Crippen MR) is 218 cm³/mol. The van der Waals surface area contributed by atoms with E-state index in [4.69, 9.17) is 0 Å². The van der Waals surface area contributed by atoms with Gasteiger partial charge in [0, 0.05) is 49.4 Å². The quantitative estimate of drug-likeness (QED) is 0.0432. The Labute approximate surface area is 344 Å². The van der Waals surface area contributed by atoms with Crippen molar-refractivity contribution < 1.29 is 64.8 Å². The lowest BCUT2D eigenvalue weighted by Crippen LogP contribution is -2.45. The Morgan fingerprint density at radius 2 is 1.02 bits per heavy atom. The summed E-state index contributed by atoms with van der Waals surface area (Å²) < 4.78 is 0. The lowest BCUT2D eigenvalue weighted by molar-refractivity contribution is -0.109. The molecule has 0 radical (unpaired) electrons. The second-order valence-electron chi connectivity index (χ2n) is 14.1. The molecule has 0 aliphatic rings. The van der Waals surface area contributed by atoms with Gasteiger partial charge in [0.25, 0.3) is 17.7 Å². The van der Waals surface area contributed by atoms with Gasteiger partial charge in [0.2, 0.25) is 12.8 Å². The summed E-state index contributed by atoms with van der Waals surface area (Å²) >= 11 is 0. The third kappa shape index (κ3) is 12.5. The summed E-state index contributed by atoms with van der Waals surface area (Å²) in [5.41, 5.74) is 3.45. The van der Waals surface area contributed by atoms with Gasteiger partial charge in [-0.15, -0.1) is 0 Å².